The van der Waals surface area contributed by atoms with E-state index in [1.165, 1.54) is 7.11 Å². The summed E-state index contributed by atoms with van der Waals surface area (Å²) in [6.07, 6.45) is 5.03. The molecule has 5 heteroatoms. The molecule has 0 bridgehead atoms. The third kappa shape index (κ3) is 5.48. The van der Waals surface area contributed by atoms with Crippen molar-refractivity contribution in [3.8, 4) is 5.69 Å². The van der Waals surface area contributed by atoms with E-state index < -0.39 is 0 Å². The molecule has 1 heterocycles. The van der Waals surface area contributed by atoms with Gasteiger partial charge in [-0.15, -0.1) is 0 Å². The van der Waals surface area contributed by atoms with Crippen molar-refractivity contribution in [3.63, 3.8) is 0 Å². The molecule has 1 aromatic heterocycles. The monoisotopic (exact) mass is 342 g/mol. The average molecular weight is 342 g/mol. The van der Waals surface area contributed by atoms with Crippen LogP contribution in [0.1, 0.15) is 37.0 Å². The molecule has 1 aromatic carbocycles. The van der Waals surface area contributed by atoms with E-state index in [1.807, 2.05) is 53.4 Å². The van der Waals surface area contributed by atoms with Gasteiger partial charge in [-0.1, -0.05) is 13.8 Å². The quantitative estimate of drug-likeness (QED) is 0.690. The highest BCUT2D eigenvalue weighted by Crippen LogP contribution is 2.13. The lowest BCUT2D eigenvalue weighted by atomic mass is 10.1. The van der Waals surface area contributed by atoms with Gasteiger partial charge in [0.1, 0.15) is 0 Å². The highest BCUT2D eigenvalue weighted by molar-refractivity contribution is 5.94. The minimum Gasteiger partial charge on any atom is -0.469 e. The number of ether oxygens (including phenoxy) is 1. The average Bonchev–Trinajstić information content (AvgIpc) is 3.15. The van der Waals surface area contributed by atoms with Gasteiger partial charge in [0, 0.05) is 36.7 Å². The number of amides is 1. The zero-order chi connectivity index (χ0) is 18.2. The first kappa shape index (κ1) is 18.8. The smallest absolute Gasteiger partial charge is 0.307 e. The molecule has 134 valence electrons. The van der Waals surface area contributed by atoms with Crippen LogP contribution in [0.5, 0.6) is 0 Å². The maximum atomic E-state index is 12.8. The number of rotatable bonds is 8. The van der Waals surface area contributed by atoms with E-state index in [0.29, 0.717) is 24.6 Å². The van der Waals surface area contributed by atoms with Crippen LogP contribution in [0.2, 0.25) is 0 Å². The Hall–Kier alpha value is -2.56. The number of methoxy groups -OCH3 is 1. The van der Waals surface area contributed by atoms with Crippen LogP contribution < -0.4 is 0 Å². The standard InChI is InChI=1S/C20H26N2O3/c1-16(2)10-14-22(15-11-19(23)25-3)20(24)17-6-8-18(9-7-17)21-12-4-5-13-21/h4-9,12-13,16H,10-11,14-15H2,1-3H3. The highest BCUT2D eigenvalue weighted by atomic mass is 16.5. The molecule has 5 nitrogen and oxygen atoms in total. The van der Waals surface area contributed by atoms with Crippen molar-refractivity contribution in [1.82, 2.24) is 9.47 Å². The van der Waals surface area contributed by atoms with E-state index in [0.717, 1.165) is 12.1 Å². The second-order valence-electron chi connectivity index (χ2n) is 6.44. The van der Waals surface area contributed by atoms with Gasteiger partial charge in [-0.3, -0.25) is 9.59 Å². The second-order valence-corrected chi connectivity index (χ2v) is 6.44. The van der Waals surface area contributed by atoms with Crippen molar-refractivity contribution in [1.29, 1.82) is 0 Å². The van der Waals surface area contributed by atoms with Gasteiger partial charge in [-0.25, -0.2) is 0 Å². The molecular formula is C20H26N2O3. The number of benzene rings is 1. The van der Waals surface area contributed by atoms with E-state index >= 15 is 0 Å². The van der Waals surface area contributed by atoms with Crippen molar-refractivity contribution >= 4 is 11.9 Å². The first-order valence-corrected chi connectivity index (χ1v) is 8.60. The van der Waals surface area contributed by atoms with Crippen LogP contribution in [0.15, 0.2) is 48.8 Å². The summed E-state index contributed by atoms with van der Waals surface area (Å²) >= 11 is 0. The number of carbonyl (C=O) groups is 2. The Morgan fingerprint density at radius 3 is 2.28 bits per heavy atom. The van der Waals surface area contributed by atoms with Crippen molar-refractivity contribution in [2.45, 2.75) is 26.7 Å². The summed E-state index contributed by atoms with van der Waals surface area (Å²) in [4.78, 5) is 26.0. The summed E-state index contributed by atoms with van der Waals surface area (Å²) in [6, 6.07) is 11.4. The van der Waals surface area contributed by atoms with Crippen molar-refractivity contribution in [2.75, 3.05) is 20.2 Å². The first-order chi connectivity index (χ1) is 12.0. The van der Waals surface area contributed by atoms with Gasteiger partial charge in [0.05, 0.1) is 13.5 Å². The number of carbonyl (C=O) groups excluding carboxylic acids is 2. The van der Waals surface area contributed by atoms with E-state index in [2.05, 4.69) is 18.6 Å². The van der Waals surface area contributed by atoms with Gasteiger partial charge in [0.2, 0.25) is 0 Å². The van der Waals surface area contributed by atoms with Gasteiger partial charge in [0.15, 0.2) is 0 Å². The predicted molar refractivity (Wildman–Crippen MR) is 97.8 cm³/mol. The number of hydrogen-bond acceptors (Lipinski definition) is 3. The highest BCUT2D eigenvalue weighted by Gasteiger charge is 2.17. The Kier molecular flexibility index (Phi) is 6.81. The van der Waals surface area contributed by atoms with Crippen LogP contribution >= 0.6 is 0 Å². The van der Waals surface area contributed by atoms with Gasteiger partial charge in [-0.05, 0) is 48.7 Å². The van der Waals surface area contributed by atoms with Gasteiger partial charge in [0.25, 0.3) is 5.91 Å². The van der Waals surface area contributed by atoms with Gasteiger partial charge in [-0.2, -0.15) is 0 Å². The molecule has 0 saturated carbocycles. The predicted octanol–water partition coefficient (Wildman–Crippen LogP) is 3.53. The Morgan fingerprint density at radius 1 is 1.08 bits per heavy atom. The van der Waals surface area contributed by atoms with Crippen LogP contribution in [-0.4, -0.2) is 41.5 Å². The SMILES string of the molecule is COC(=O)CCN(CCC(C)C)C(=O)c1ccc(-n2cccc2)cc1. The lowest BCUT2D eigenvalue weighted by molar-refractivity contribution is -0.140. The van der Waals surface area contributed by atoms with Crippen molar-refractivity contribution in [2.24, 2.45) is 5.92 Å². The molecule has 0 N–H and O–H groups in total. The van der Waals surface area contributed by atoms with Crippen molar-refractivity contribution in [3.05, 3.63) is 54.4 Å². The molecular weight excluding hydrogens is 316 g/mol. The van der Waals surface area contributed by atoms with Crippen LogP contribution in [0, 0.1) is 5.92 Å². The maximum Gasteiger partial charge on any atom is 0.307 e. The molecule has 0 atom stereocenters. The van der Waals surface area contributed by atoms with Crippen molar-refractivity contribution < 1.29 is 14.3 Å². The number of hydrogen-bond donors (Lipinski definition) is 0. The largest absolute Gasteiger partial charge is 0.469 e. The first-order valence-electron chi connectivity index (χ1n) is 8.60. The lowest BCUT2D eigenvalue weighted by Gasteiger charge is -2.23. The summed E-state index contributed by atoms with van der Waals surface area (Å²) in [7, 11) is 1.36. The molecule has 0 radical (unpaired) electrons. The Bertz CT molecular complexity index is 675. The van der Waals surface area contributed by atoms with E-state index in [4.69, 9.17) is 0 Å². The normalized spacial score (nSPS) is 10.7. The molecule has 0 aliphatic carbocycles. The molecule has 0 saturated heterocycles. The maximum absolute atomic E-state index is 12.8. The Morgan fingerprint density at radius 2 is 1.72 bits per heavy atom. The molecule has 0 spiro atoms. The van der Waals surface area contributed by atoms with Crippen LogP contribution in [0.25, 0.3) is 5.69 Å². The summed E-state index contributed by atoms with van der Waals surface area (Å²) in [5.41, 5.74) is 1.63. The fraction of sp³-hybridized carbons (Fsp3) is 0.400. The number of aromatic nitrogens is 1. The Balaban J connectivity index is 2.09. The van der Waals surface area contributed by atoms with E-state index in [-0.39, 0.29) is 18.3 Å². The molecule has 1 amide bonds. The zero-order valence-corrected chi connectivity index (χ0v) is 15.1. The minimum absolute atomic E-state index is 0.0522. The van der Waals surface area contributed by atoms with E-state index in [9.17, 15) is 9.59 Å². The summed E-state index contributed by atoms with van der Waals surface area (Å²) < 4.78 is 6.68. The van der Waals surface area contributed by atoms with E-state index in [1.54, 1.807) is 4.90 Å². The summed E-state index contributed by atoms with van der Waals surface area (Å²) in [6.45, 7) is 5.24. The van der Waals surface area contributed by atoms with Gasteiger partial charge < -0.3 is 14.2 Å². The van der Waals surface area contributed by atoms with Crippen LogP contribution in [0.4, 0.5) is 0 Å². The van der Waals surface area contributed by atoms with Gasteiger partial charge >= 0.3 is 5.97 Å². The molecule has 0 unspecified atom stereocenters. The van der Waals surface area contributed by atoms with Crippen LogP contribution in [-0.2, 0) is 9.53 Å². The third-order valence-electron chi connectivity index (χ3n) is 4.09. The Labute approximate surface area is 149 Å². The molecule has 2 aromatic rings. The fourth-order valence-corrected chi connectivity index (χ4v) is 2.52. The molecule has 0 fully saturated rings. The lowest BCUT2D eigenvalue weighted by Crippen LogP contribution is -2.34. The molecule has 0 aliphatic rings. The molecule has 25 heavy (non-hydrogen) atoms. The molecule has 2 rings (SSSR count). The zero-order valence-electron chi connectivity index (χ0n) is 15.1. The summed E-state index contributed by atoms with van der Waals surface area (Å²) in [5.74, 6) is 0.137. The molecule has 0 aliphatic heterocycles. The third-order valence-corrected chi connectivity index (χ3v) is 4.09. The number of esters is 1. The topological polar surface area (TPSA) is 51.5 Å². The minimum atomic E-state index is -0.301. The summed E-state index contributed by atoms with van der Waals surface area (Å²) in [5, 5.41) is 0. The fourth-order valence-electron chi connectivity index (χ4n) is 2.52. The number of nitrogens with zero attached hydrogens (tertiary/aromatic N) is 2. The second kappa shape index (κ2) is 9.06. The van der Waals surface area contributed by atoms with Crippen LogP contribution in [0.3, 0.4) is 0 Å².